The van der Waals surface area contributed by atoms with Gasteiger partial charge in [-0.1, -0.05) is 12.9 Å². The summed E-state index contributed by atoms with van der Waals surface area (Å²) in [6.45, 7) is 0.0441. The van der Waals surface area contributed by atoms with Gasteiger partial charge < -0.3 is 0 Å². The average Bonchev–Trinajstić information content (AvgIpc) is 1.81. The van der Waals surface area contributed by atoms with E-state index >= 15 is 0 Å². The molecule has 0 radical (unpaired) electrons. The third-order valence-corrected chi connectivity index (χ3v) is 1.66. The van der Waals surface area contributed by atoms with Crippen molar-refractivity contribution in [3.8, 4) is 0 Å². The molecule has 42 valence electrons. The second-order valence-electron chi connectivity index (χ2n) is 1.14. The summed E-state index contributed by atoms with van der Waals surface area (Å²) in [6.07, 6.45) is 3.93. The number of allylic oxidation sites excluding steroid dienone is 2. The maximum Gasteiger partial charge on any atom is 0.0234 e. The molecular formula is C6H12S. The zero-order chi connectivity index (χ0) is 8.20. The van der Waals surface area contributed by atoms with E-state index < -0.39 is 6.85 Å². The summed E-state index contributed by atoms with van der Waals surface area (Å²) in [5.74, 6) is 0. The van der Waals surface area contributed by atoms with Crippen molar-refractivity contribution in [1.82, 2.24) is 0 Å². The molecular weight excluding hydrogens is 104 g/mol. The second-order valence-corrected chi connectivity index (χ2v) is 2.07. The Kier molecular flexibility index (Phi) is 1.93. The quantitative estimate of drug-likeness (QED) is 0.538. The van der Waals surface area contributed by atoms with E-state index in [4.69, 9.17) is 4.11 Å². The van der Waals surface area contributed by atoms with E-state index in [0.29, 0.717) is 0 Å². The van der Waals surface area contributed by atoms with Gasteiger partial charge in [0.25, 0.3) is 0 Å². The molecule has 0 spiro atoms. The molecule has 7 heavy (non-hydrogen) atoms. The van der Waals surface area contributed by atoms with E-state index in [1.807, 2.05) is 19.3 Å². The van der Waals surface area contributed by atoms with E-state index in [9.17, 15) is 0 Å². The highest BCUT2D eigenvalue weighted by molar-refractivity contribution is 8.02. The monoisotopic (exact) mass is 119 g/mol. The van der Waals surface area contributed by atoms with E-state index in [1.54, 1.807) is 0 Å². The molecule has 0 aromatic carbocycles. The molecule has 0 aliphatic carbocycles. The molecule has 0 aromatic rings. The first kappa shape index (κ1) is 3.18. The number of hydrogen-bond donors (Lipinski definition) is 0. The molecule has 0 aliphatic heterocycles. The first-order valence-corrected chi connectivity index (χ1v) is 3.41. The molecule has 0 aliphatic rings. The normalized spacial score (nSPS) is 20.3. The highest BCUT2D eigenvalue weighted by atomic mass is 32.2. The van der Waals surface area contributed by atoms with Crippen LogP contribution in [0.25, 0.3) is 0 Å². The highest BCUT2D eigenvalue weighted by Crippen LogP contribution is 2.13. The molecule has 0 nitrogen and oxygen atoms in total. The molecule has 0 rings (SSSR count). The highest BCUT2D eigenvalue weighted by Gasteiger charge is 1.82. The largest absolute Gasteiger partial charge is 0.134 e. The lowest BCUT2D eigenvalue weighted by Crippen LogP contribution is -1.66. The summed E-state index contributed by atoms with van der Waals surface area (Å²) < 4.78 is 20.8. The van der Waals surface area contributed by atoms with Crippen molar-refractivity contribution < 1.29 is 4.11 Å². The Balaban J connectivity index is 3.88. The van der Waals surface area contributed by atoms with Crippen LogP contribution < -0.4 is 0 Å². The van der Waals surface area contributed by atoms with Crippen LogP contribution in [0.4, 0.5) is 0 Å². The smallest absolute Gasteiger partial charge is 0.0234 e. The lowest BCUT2D eigenvalue weighted by Gasteiger charge is -1.92. The molecule has 0 atom stereocenters. The van der Waals surface area contributed by atoms with Crippen LogP contribution in [-0.2, 0) is 0 Å². The lowest BCUT2D eigenvalue weighted by molar-refractivity contribution is 1.19. The van der Waals surface area contributed by atoms with Gasteiger partial charge in [0, 0.05) is 4.11 Å². The molecule has 0 N–H and O–H groups in total. The van der Waals surface area contributed by atoms with Gasteiger partial charge in [-0.25, -0.2) is 0 Å². The van der Waals surface area contributed by atoms with Crippen LogP contribution in [0, 0.1) is 0 Å². The molecule has 0 unspecified atom stereocenters. The summed E-state index contributed by atoms with van der Waals surface area (Å²) >= 11 is 1.50. The van der Waals surface area contributed by atoms with E-state index in [0.717, 1.165) is 4.91 Å². The first-order valence-electron chi connectivity index (χ1n) is 3.69. The van der Waals surface area contributed by atoms with Crippen molar-refractivity contribution >= 4 is 11.8 Å². The summed E-state index contributed by atoms with van der Waals surface area (Å²) in [6, 6.07) is 0. The maximum atomic E-state index is 6.95. The number of thioether (sulfide) groups is 1. The molecule has 0 aromatic heterocycles. The van der Waals surface area contributed by atoms with Crippen molar-refractivity contribution in [1.29, 1.82) is 0 Å². The average molecular weight is 119 g/mol. The van der Waals surface area contributed by atoms with Crippen LogP contribution in [0.2, 0.25) is 0 Å². The molecule has 0 heterocycles. The fourth-order valence-electron chi connectivity index (χ4n) is 0.292. The molecule has 0 amide bonds. The van der Waals surface area contributed by atoms with Gasteiger partial charge >= 0.3 is 0 Å². The minimum atomic E-state index is -1.81. The third kappa shape index (κ3) is 2.75. The lowest BCUT2D eigenvalue weighted by atomic mass is 10.4. The predicted octanol–water partition coefficient (Wildman–Crippen LogP) is 2.66. The van der Waals surface area contributed by atoms with Gasteiger partial charge in [0.15, 0.2) is 0 Å². The maximum absolute atomic E-state index is 6.95. The fraction of sp³-hybridized carbons (Fsp3) is 0.667. The minimum Gasteiger partial charge on any atom is -0.134 e. The zero-order valence-electron chi connectivity index (χ0n) is 7.69. The molecule has 0 fully saturated rings. The Morgan fingerprint density at radius 2 is 2.71 bits per heavy atom. The Hall–Kier alpha value is 0.0900. The molecule has 0 saturated heterocycles. The standard InChI is InChI=1S/C6H12S/c1-4-6(5-2)7-3/h4H,5H2,1-3H3/b6-4-/i2D3. The van der Waals surface area contributed by atoms with Crippen molar-refractivity contribution in [3.63, 3.8) is 0 Å². The van der Waals surface area contributed by atoms with Gasteiger partial charge in [0.2, 0.25) is 0 Å². The zero-order valence-corrected chi connectivity index (χ0v) is 5.51. The summed E-state index contributed by atoms with van der Waals surface area (Å²) in [5.41, 5.74) is 0. The summed E-state index contributed by atoms with van der Waals surface area (Å²) in [7, 11) is 0. The minimum absolute atomic E-state index is 0.199. The van der Waals surface area contributed by atoms with Gasteiger partial charge in [0.1, 0.15) is 0 Å². The number of rotatable bonds is 2. The van der Waals surface area contributed by atoms with Crippen LogP contribution in [0.1, 0.15) is 24.3 Å². The van der Waals surface area contributed by atoms with Crippen LogP contribution >= 0.6 is 11.8 Å². The molecule has 1 heteroatoms. The van der Waals surface area contributed by atoms with Gasteiger partial charge in [-0.15, -0.1) is 11.8 Å². The SMILES string of the molecule is [2H]C([2H])([2H])C/C(=C/C)SC. The Bertz CT molecular complexity index is 125. The Labute approximate surface area is 54.2 Å². The van der Waals surface area contributed by atoms with Crippen molar-refractivity contribution in [2.45, 2.75) is 20.2 Å². The van der Waals surface area contributed by atoms with Gasteiger partial charge in [-0.2, -0.15) is 0 Å². The van der Waals surface area contributed by atoms with Gasteiger partial charge in [-0.3, -0.25) is 0 Å². The molecule has 0 saturated carbocycles. The van der Waals surface area contributed by atoms with Crippen LogP contribution in [0.3, 0.4) is 0 Å². The second kappa shape index (κ2) is 4.25. The van der Waals surface area contributed by atoms with E-state index in [2.05, 4.69) is 0 Å². The van der Waals surface area contributed by atoms with Crippen molar-refractivity contribution in [3.05, 3.63) is 11.0 Å². The Morgan fingerprint density at radius 3 is 2.86 bits per heavy atom. The fourth-order valence-corrected chi connectivity index (χ4v) is 0.672. The number of hydrogen-bond acceptors (Lipinski definition) is 1. The van der Waals surface area contributed by atoms with E-state index in [-0.39, 0.29) is 6.42 Å². The van der Waals surface area contributed by atoms with Crippen LogP contribution in [-0.4, -0.2) is 6.26 Å². The topological polar surface area (TPSA) is 0 Å². The van der Waals surface area contributed by atoms with Gasteiger partial charge in [-0.05, 0) is 24.5 Å². The summed E-state index contributed by atoms with van der Waals surface area (Å²) in [5, 5.41) is 0. The van der Waals surface area contributed by atoms with Gasteiger partial charge in [0.05, 0.1) is 0 Å². The first-order chi connectivity index (χ1) is 4.49. The van der Waals surface area contributed by atoms with Crippen LogP contribution in [0.15, 0.2) is 11.0 Å². The van der Waals surface area contributed by atoms with Crippen molar-refractivity contribution in [2.75, 3.05) is 6.26 Å². The molecule has 0 bridgehead atoms. The van der Waals surface area contributed by atoms with Crippen LogP contribution in [0.5, 0.6) is 0 Å². The Morgan fingerprint density at radius 1 is 2.00 bits per heavy atom. The summed E-state index contributed by atoms with van der Waals surface area (Å²) in [4.78, 5) is 0.931. The van der Waals surface area contributed by atoms with Crippen molar-refractivity contribution in [2.24, 2.45) is 0 Å². The van der Waals surface area contributed by atoms with E-state index in [1.165, 1.54) is 11.8 Å². The third-order valence-electron chi connectivity index (χ3n) is 0.758. The predicted molar refractivity (Wildman–Crippen MR) is 37.6 cm³/mol.